The maximum absolute atomic E-state index is 12.2. The van der Waals surface area contributed by atoms with Gasteiger partial charge in [-0.2, -0.15) is 0 Å². The fourth-order valence-electron chi connectivity index (χ4n) is 3.07. The summed E-state index contributed by atoms with van der Waals surface area (Å²) < 4.78 is 0. The SMILES string of the molecule is O=C1c2ccccc2C(=O)C2CCCCC12.O=[N+]([O-])O. The van der Waals surface area contributed by atoms with E-state index in [0.717, 1.165) is 25.7 Å². The van der Waals surface area contributed by atoms with Crippen molar-refractivity contribution < 1.29 is 19.9 Å². The van der Waals surface area contributed by atoms with Gasteiger partial charge in [0.25, 0.3) is 5.09 Å². The summed E-state index contributed by atoms with van der Waals surface area (Å²) in [7, 11) is 0. The van der Waals surface area contributed by atoms with Gasteiger partial charge in [0.1, 0.15) is 0 Å². The molecule has 6 heteroatoms. The summed E-state index contributed by atoms with van der Waals surface area (Å²) >= 11 is 0. The number of nitrogens with zero attached hydrogens (tertiary/aromatic N) is 1. The molecule has 0 heterocycles. The van der Waals surface area contributed by atoms with E-state index < -0.39 is 5.09 Å². The molecule has 0 bridgehead atoms. The van der Waals surface area contributed by atoms with Gasteiger partial charge in [0.2, 0.25) is 0 Å². The van der Waals surface area contributed by atoms with Gasteiger partial charge in [-0.25, -0.2) is 0 Å². The van der Waals surface area contributed by atoms with Crippen LogP contribution in [-0.2, 0) is 0 Å². The maximum atomic E-state index is 12.2. The van der Waals surface area contributed by atoms with Crippen molar-refractivity contribution in [1.82, 2.24) is 0 Å². The van der Waals surface area contributed by atoms with E-state index in [9.17, 15) is 9.59 Å². The van der Waals surface area contributed by atoms with Gasteiger partial charge in [0.15, 0.2) is 11.6 Å². The van der Waals surface area contributed by atoms with E-state index in [0.29, 0.717) is 11.1 Å². The Bertz CT molecular complexity index is 507. The van der Waals surface area contributed by atoms with Crippen molar-refractivity contribution in [2.24, 2.45) is 11.8 Å². The fourth-order valence-corrected chi connectivity index (χ4v) is 3.07. The molecular weight excluding hydrogens is 262 g/mol. The zero-order valence-corrected chi connectivity index (χ0v) is 10.8. The lowest BCUT2D eigenvalue weighted by Gasteiger charge is -2.33. The summed E-state index contributed by atoms with van der Waals surface area (Å²) in [5, 5.41) is 13.6. The van der Waals surface area contributed by atoms with Crippen molar-refractivity contribution >= 4 is 11.6 Å². The van der Waals surface area contributed by atoms with E-state index in [1.165, 1.54) is 0 Å². The molecule has 2 aliphatic rings. The number of hydrogen-bond acceptors (Lipinski definition) is 4. The number of fused-ring (bicyclic) bond motifs is 2. The number of carbonyl (C=O) groups is 2. The standard InChI is InChI=1S/C14H14O2.HNO3/c15-13-9-5-1-2-6-10(9)14(16)12-8-4-3-7-11(12)13;2-1(3)4/h1-2,5-6,11-12H,3-4,7-8H2;(H,2,3,4). The number of carbonyl (C=O) groups excluding carboxylic acids is 2. The highest BCUT2D eigenvalue weighted by Gasteiger charge is 2.41. The molecule has 2 aliphatic carbocycles. The lowest BCUT2D eigenvalue weighted by molar-refractivity contribution is -0.742. The third-order valence-electron chi connectivity index (χ3n) is 3.90. The van der Waals surface area contributed by atoms with Crippen molar-refractivity contribution in [3.8, 4) is 0 Å². The van der Waals surface area contributed by atoms with Crippen LogP contribution in [0.2, 0.25) is 0 Å². The van der Waals surface area contributed by atoms with E-state index in [1.54, 1.807) is 12.1 Å². The van der Waals surface area contributed by atoms with Crippen LogP contribution in [0.5, 0.6) is 0 Å². The monoisotopic (exact) mass is 277 g/mol. The Balaban J connectivity index is 0.000000328. The Kier molecular flexibility index (Phi) is 4.12. The van der Waals surface area contributed by atoms with Crippen LogP contribution in [0.15, 0.2) is 24.3 Å². The van der Waals surface area contributed by atoms with Crippen molar-refractivity contribution in [1.29, 1.82) is 0 Å². The molecule has 20 heavy (non-hydrogen) atoms. The Morgan fingerprint density at radius 1 is 1.00 bits per heavy atom. The number of Topliss-reactive ketones (excluding diaryl/α,β-unsaturated/α-hetero) is 2. The summed E-state index contributed by atoms with van der Waals surface area (Å²) in [5.41, 5.74) is 1.30. The van der Waals surface area contributed by atoms with Gasteiger partial charge in [-0.1, -0.05) is 37.1 Å². The average molecular weight is 277 g/mol. The van der Waals surface area contributed by atoms with Crippen molar-refractivity contribution in [3.63, 3.8) is 0 Å². The van der Waals surface area contributed by atoms with Crippen LogP contribution in [-0.4, -0.2) is 21.9 Å². The topological polar surface area (TPSA) is 97.5 Å². The highest BCUT2D eigenvalue weighted by Crippen LogP contribution is 2.39. The molecule has 6 nitrogen and oxygen atoms in total. The number of rotatable bonds is 0. The third-order valence-corrected chi connectivity index (χ3v) is 3.90. The molecule has 3 rings (SSSR count). The van der Waals surface area contributed by atoms with E-state index >= 15 is 0 Å². The average Bonchev–Trinajstić information content (AvgIpc) is 2.44. The first kappa shape index (κ1) is 14.2. The fraction of sp³-hybridized carbons (Fsp3) is 0.429. The summed E-state index contributed by atoms with van der Waals surface area (Å²) in [6.45, 7) is 0. The number of benzene rings is 1. The van der Waals surface area contributed by atoms with Gasteiger partial charge in [-0.3, -0.25) is 9.59 Å². The zero-order chi connectivity index (χ0) is 14.7. The lowest BCUT2D eigenvalue weighted by atomic mass is 9.67. The highest BCUT2D eigenvalue weighted by molar-refractivity contribution is 6.16. The van der Waals surface area contributed by atoms with Crippen molar-refractivity contribution in [2.75, 3.05) is 0 Å². The van der Waals surface area contributed by atoms with Gasteiger partial charge in [0.05, 0.1) is 0 Å². The Morgan fingerprint density at radius 2 is 1.35 bits per heavy atom. The molecule has 1 aromatic rings. The molecule has 0 aromatic heterocycles. The molecule has 1 saturated carbocycles. The van der Waals surface area contributed by atoms with Crippen molar-refractivity contribution in [3.05, 3.63) is 45.5 Å². The second-order valence-electron chi connectivity index (χ2n) is 5.01. The molecule has 0 radical (unpaired) electrons. The Hall–Kier alpha value is -2.24. The molecule has 2 unspecified atom stereocenters. The summed E-state index contributed by atoms with van der Waals surface area (Å²) in [6.07, 6.45) is 3.96. The van der Waals surface area contributed by atoms with Crippen LogP contribution in [0.25, 0.3) is 0 Å². The van der Waals surface area contributed by atoms with Crippen LogP contribution in [0.1, 0.15) is 46.4 Å². The number of hydrogen-bond donors (Lipinski definition) is 1. The van der Waals surface area contributed by atoms with Gasteiger partial charge < -0.3 is 5.21 Å². The second kappa shape index (κ2) is 5.81. The quantitative estimate of drug-likeness (QED) is 0.580. The summed E-state index contributed by atoms with van der Waals surface area (Å²) in [4.78, 5) is 32.8. The van der Waals surface area contributed by atoms with E-state index in [4.69, 9.17) is 15.3 Å². The van der Waals surface area contributed by atoms with E-state index in [1.807, 2.05) is 12.1 Å². The normalized spacial score (nSPS) is 24.0. The predicted molar refractivity (Wildman–Crippen MR) is 69.3 cm³/mol. The molecule has 1 N–H and O–H groups in total. The van der Waals surface area contributed by atoms with Crippen LogP contribution in [0.3, 0.4) is 0 Å². The Morgan fingerprint density at radius 3 is 1.70 bits per heavy atom. The first-order valence-electron chi connectivity index (χ1n) is 6.53. The first-order valence-corrected chi connectivity index (χ1v) is 6.53. The largest absolute Gasteiger partial charge is 0.328 e. The molecule has 1 fully saturated rings. The van der Waals surface area contributed by atoms with Gasteiger partial charge in [0, 0.05) is 23.0 Å². The van der Waals surface area contributed by atoms with Crippen LogP contribution in [0, 0.1) is 22.0 Å². The molecule has 0 aliphatic heterocycles. The first-order chi connectivity index (χ1) is 9.52. The van der Waals surface area contributed by atoms with E-state index in [-0.39, 0.29) is 23.4 Å². The molecule has 0 saturated heterocycles. The van der Waals surface area contributed by atoms with Crippen molar-refractivity contribution in [2.45, 2.75) is 25.7 Å². The molecule has 1 aromatic carbocycles. The van der Waals surface area contributed by atoms with Crippen LogP contribution in [0.4, 0.5) is 0 Å². The molecule has 0 amide bonds. The second-order valence-corrected chi connectivity index (χ2v) is 5.01. The van der Waals surface area contributed by atoms with Gasteiger partial charge >= 0.3 is 0 Å². The third kappa shape index (κ3) is 2.68. The minimum Gasteiger partial charge on any atom is -0.328 e. The molecule has 0 spiro atoms. The summed E-state index contributed by atoms with van der Waals surface area (Å²) in [6, 6.07) is 7.26. The maximum Gasteiger partial charge on any atom is 0.291 e. The molecule has 106 valence electrons. The smallest absolute Gasteiger partial charge is 0.291 e. The predicted octanol–water partition coefficient (Wildman–Crippen LogP) is 2.52. The van der Waals surface area contributed by atoms with Gasteiger partial charge in [-0.15, -0.1) is 10.1 Å². The van der Waals surface area contributed by atoms with Gasteiger partial charge in [-0.05, 0) is 12.8 Å². The highest BCUT2D eigenvalue weighted by atomic mass is 16.9. The summed E-state index contributed by atoms with van der Waals surface area (Å²) in [5.74, 6) is 0.326. The Labute approximate surface area is 115 Å². The van der Waals surface area contributed by atoms with Crippen LogP contribution < -0.4 is 0 Å². The minimum atomic E-state index is -1.50. The van der Waals surface area contributed by atoms with E-state index in [2.05, 4.69) is 0 Å². The minimum absolute atomic E-state index is 0.0313. The lowest BCUT2D eigenvalue weighted by Crippen LogP contribution is -2.38. The molecule has 2 atom stereocenters. The molecular formula is C14H15NO5. The van der Waals surface area contributed by atoms with Crippen LogP contribution >= 0.6 is 0 Å². The zero-order valence-electron chi connectivity index (χ0n) is 10.8. The number of ketones is 2.